The van der Waals surface area contributed by atoms with Crippen molar-refractivity contribution in [3.63, 3.8) is 0 Å². The maximum Gasteiger partial charge on any atom is 0.248 e. The molecule has 1 aromatic rings. The van der Waals surface area contributed by atoms with Gasteiger partial charge in [0.1, 0.15) is 0 Å². The van der Waals surface area contributed by atoms with E-state index in [4.69, 9.17) is 17.0 Å². The number of benzene rings is 1. The highest BCUT2D eigenvalue weighted by Crippen LogP contribution is 2.20. The van der Waals surface area contributed by atoms with Gasteiger partial charge < -0.3 is 10.1 Å². The molecule has 0 radical (unpaired) electrons. The van der Waals surface area contributed by atoms with Gasteiger partial charge in [-0.3, -0.25) is 15.6 Å². The van der Waals surface area contributed by atoms with Crippen LogP contribution in [0.4, 0.5) is 0 Å². The number of amides is 1. The molecule has 5 nitrogen and oxygen atoms in total. The Kier molecular flexibility index (Phi) is 9.40. The van der Waals surface area contributed by atoms with Gasteiger partial charge in [0.15, 0.2) is 5.11 Å². The van der Waals surface area contributed by atoms with Gasteiger partial charge in [0.25, 0.3) is 0 Å². The third kappa shape index (κ3) is 8.25. The molecule has 1 rings (SSSR count). The van der Waals surface area contributed by atoms with E-state index in [2.05, 4.69) is 32.1 Å². The molecule has 8 heteroatoms. The SMILES string of the molecule is COCCNC(=S)NNC(=O)CSCc1ccccc1Br. The van der Waals surface area contributed by atoms with Crippen LogP contribution in [0.15, 0.2) is 28.7 Å². The standard InChI is InChI=1S/C13H18BrN3O2S2/c1-19-7-6-15-13(20)17-16-12(18)9-21-8-10-4-2-3-5-11(10)14/h2-5H,6-9H2,1H3,(H,16,18)(H2,15,17,20). The fraction of sp³-hybridized carbons (Fsp3) is 0.385. The lowest BCUT2D eigenvalue weighted by Gasteiger charge is -2.11. The van der Waals surface area contributed by atoms with E-state index in [0.717, 1.165) is 10.2 Å². The van der Waals surface area contributed by atoms with Gasteiger partial charge in [-0.05, 0) is 23.8 Å². The van der Waals surface area contributed by atoms with Gasteiger partial charge in [-0.15, -0.1) is 11.8 Å². The first-order valence-corrected chi connectivity index (χ1v) is 8.62. The average molecular weight is 392 g/mol. The van der Waals surface area contributed by atoms with Crippen molar-refractivity contribution in [2.45, 2.75) is 5.75 Å². The Hall–Kier alpha value is -0.830. The molecular formula is C13H18BrN3O2S2. The molecule has 0 saturated carbocycles. The van der Waals surface area contributed by atoms with Gasteiger partial charge >= 0.3 is 0 Å². The largest absolute Gasteiger partial charge is 0.383 e. The molecule has 0 spiro atoms. The van der Waals surface area contributed by atoms with Gasteiger partial charge in [-0.2, -0.15) is 0 Å². The highest BCUT2D eigenvalue weighted by atomic mass is 79.9. The van der Waals surface area contributed by atoms with Crippen molar-refractivity contribution < 1.29 is 9.53 Å². The molecule has 0 bridgehead atoms. The molecule has 0 aromatic heterocycles. The molecule has 0 atom stereocenters. The normalized spacial score (nSPS) is 10.0. The second-order valence-corrected chi connectivity index (χ2v) is 6.25. The van der Waals surface area contributed by atoms with E-state index in [9.17, 15) is 4.79 Å². The summed E-state index contributed by atoms with van der Waals surface area (Å²) in [6.07, 6.45) is 0. The summed E-state index contributed by atoms with van der Waals surface area (Å²) in [5.74, 6) is 1.00. The second kappa shape index (κ2) is 10.8. The maximum absolute atomic E-state index is 11.6. The van der Waals surface area contributed by atoms with Crippen molar-refractivity contribution in [2.24, 2.45) is 0 Å². The topological polar surface area (TPSA) is 62.4 Å². The Morgan fingerprint density at radius 2 is 2.14 bits per heavy atom. The number of ether oxygens (including phenoxy) is 1. The number of hydrazine groups is 1. The molecule has 0 aliphatic carbocycles. The quantitative estimate of drug-likeness (QED) is 0.374. The zero-order chi connectivity index (χ0) is 15.5. The lowest BCUT2D eigenvalue weighted by atomic mass is 10.2. The molecule has 1 aromatic carbocycles. The molecule has 0 fully saturated rings. The van der Waals surface area contributed by atoms with Gasteiger partial charge in [0.2, 0.25) is 5.91 Å². The predicted octanol–water partition coefficient (Wildman–Crippen LogP) is 1.82. The smallest absolute Gasteiger partial charge is 0.248 e. The summed E-state index contributed by atoms with van der Waals surface area (Å²) in [5.41, 5.74) is 6.35. The lowest BCUT2D eigenvalue weighted by molar-refractivity contribution is -0.119. The first-order valence-electron chi connectivity index (χ1n) is 6.26. The molecule has 0 aliphatic heterocycles. The van der Waals surface area contributed by atoms with Crippen LogP contribution in [0, 0.1) is 0 Å². The molecule has 21 heavy (non-hydrogen) atoms. The summed E-state index contributed by atoms with van der Waals surface area (Å²) < 4.78 is 5.93. The fourth-order valence-corrected chi connectivity index (χ4v) is 2.94. The van der Waals surface area contributed by atoms with Crippen LogP contribution in [0.25, 0.3) is 0 Å². The molecule has 0 aliphatic rings. The van der Waals surface area contributed by atoms with Gasteiger partial charge in [-0.25, -0.2) is 0 Å². The number of hydrogen-bond donors (Lipinski definition) is 3. The molecule has 0 unspecified atom stereocenters. The number of methoxy groups -OCH3 is 1. The summed E-state index contributed by atoms with van der Waals surface area (Å²) in [7, 11) is 1.61. The predicted molar refractivity (Wildman–Crippen MR) is 94.1 cm³/mol. The lowest BCUT2D eigenvalue weighted by Crippen LogP contribution is -2.48. The Balaban J connectivity index is 2.14. The number of hydrogen-bond acceptors (Lipinski definition) is 4. The first kappa shape index (κ1) is 18.2. The number of nitrogens with one attached hydrogen (secondary N) is 3. The van der Waals surface area contributed by atoms with Crippen molar-refractivity contribution in [3.05, 3.63) is 34.3 Å². The number of thiocarbonyl (C=S) groups is 1. The van der Waals surface area contributed by atoms with Gasteiger partial charge in [0.05, 0.1) is 12.4 Å². The van der Waals surface area contributed by atoms with Crippen LogP contribution in [0.1, 0.15) is 5.56 Å². The van der Waals surface area contributed by atoms with Crippen molar-refractivity contribution in [2.75, 3.05) is 26.0 Å². The number of halogens is 1. The van der Waals surface area contributed by atoms with Gasteiger partial charge in [0, 0.05) is 23.9 Å². The minimum atomic E-state index is -0.122. The van der Waals surface area contributed by atoms with Crippen molar-refractivity contribution in [3.8, 4) is 0 Å². The van der Waals surface area contributed by atoms with Crippen LogP contribution in [0.2, 0.25) is 0 Å². The Bertz CT molecular complexity index is 474. The monoisotopic (exact) mass is 391 g/mol. The number of thioether (sulfide) groups is 1. The zero-order valence-corrected chi connectivity index (χ0v) is 14.9. The van der Waals surface area contributed by atoms with E-state index in [1.165, 1.54) is 17.3 Å². The van der Waals surface area contributed by atoms with Crippen molar-refractivity contribution >= 4 is 50.9 Å². The molecule has 0 saturated heterocycles. The summed E-state index contributed by atoms with van der Waals surface area (Å²) >= 11 is 10.0. The van der Waals surface area contributed by atoms with Crippen LogP contribution >= 0.6 is 39.9 Å². The van der Waals surface area contributed by atoms with E-state index < -0.39 is 0 Å². The minimum absolute atomic E-state index is 0.122. The number of carbonyl (C=O) groups is 1. The molecule has 0 heterocycles. The fourth-order valence-electron chi connectivity index (χ4n) is 1.34. The maximum atomic E-state index is 11.6. The molecular weight excluding hydrogens is 374 g/mol. The van der Waals surface area contributed by atoms with E-state index >= 15 is 0 Å². The van der Waals surface area contributed by atoms with Crippen LogP contribution in [0.3, 0.4) is 0 Å². The summed E-state index contributed by atoms with van der Waals surface area (Å²) in [4.78, 5) is 11.6. The highest BCUT2D eigenvalue weighted by Gasteiger charge is 2.04. The van der Waals surface area contributed by atoms with Crippen LogP contribution in [-0.2, 0) is 15.3 Å². The van der Waals surface area contributed by atoms with E-state index in [0.29, 0.717) is 24.0 Å². The number of rotatable bonds is 7. The van der Waals surface area contributed by atoms with Gasteiger partial charge in [-0.1, -0.05) is 34.1 Å². The summed E-state index contributed by atoms with van der Waals surface area (Å²) in [5, 5.41) is 3.27. The molecule has 3 N–H and O–H groups in total. The highest BCUT2D eigenvalue weighted by molar-refractivity contribution is 9.10. The minimum Gasteiger partial charge on any atom is -0.383 e. The van der Waals surface area contributed by atoms with E-state index in [1.54, 1.807) is 7.11 Å². The van der Waals surface area contributed by atoms with Crippen molar-refractivity contribution in [1.29, 1.82) is 0 Å². The first-order chi connectivity index (χ1) is 10.1. The zero-order valence-electron chi connectivity index (χ0n) is 11.6. The van der Waals surface area contributed by atoms with Crippen LogP contribution in [0.5, 0.6) is 0 Å². The summed E-state index contributed by atoms with van der Waals surface area (Å²) in [6, 6.07) is 7.96. The summed E-state index contributed by atoms with van der Waals surface area (Å²) in [6.45, 7) is 1.15. The molecule has 1 amide bonds. The van der Waals surface area contributed by atoms with Crippen molar-refractivity contribution in [1.82, 2.24) is 16.2 Å². The Morgan fingerprint density at radius 1 is 1.38 bits per heavy atom. The molecule has 116 valence electrons. The Morgan fingerprint density at radius 3 is 2.86 bits per heavy atom. The Labute approximate surface area is 142 Å². The third-order valence-electron chi connectivity index (χ3n) is 2.36. The van der Waals surface area contributed by atoms with E-state index in [-0.39, 0.29) is 5.91 Å². The third-order valence-corrected chi connectivity index (χ3v) is 4.36. The average Bonchev–Trinajstić information content (AvgIpc) is 2.47. The van der Waals surface area contributed by atoms with E-state index in [1.807, 2.05) is 24.3 Å². The van der Waals surface area contributed by atoms with Crippen LogP contribution < -0.4 is 16.2 Å². The number of carbonyl (C=O) groups excluding carboxylic acids is 1. The second-order valence-electron chi connectivity index (χ2n) is 4.01. The van der Waals surface area contributed by atoms with Crippen LogP contribution in [-0.4, -0.2) is 37.0 Å².